The van der Waals surface area contributed by atoms with Crippen molar-refractivity contribution in [2.75, 3.05) is 6.61 Å². The van der Waals surface area contributed by atoms with Crippen molar-refractivity contribution < 1.29 is 4.74 Å². The Bertz CT molecular complexity index is 431. The van der Waals surface area contributed by atoms with Gasteiger partial charge in [0, 0.05) is 9.50 Å². The van der Waals surface area contributed by atoms with Gasteiger partial charge in [-0.05, 0) is 42.4 Å². The predicted molar refractivity (Wildman–Crippen MR) is 79.8 cm³/mol. The molecule has 1 nitrogen and oxygen atoms in total. The Labute approximate surface area is 122 Å². The summed E-state index contributed by atoms with van der Waals surface area (Å²) in [7, 11) is 0. The summed E-state index contributed by atoms with van der Waals surface area (Å²) in [5.74, 6) is 1.36. The molecule has 2 atom stereocenters. The van der Waals surface area contributed by atoms with Crippen LogP contribution in [-0.4, -0.2) is 6.61 Å². The molecular weight excluding hydrogens is 312 g/mol. The molecule has 0 radical (unpaired) electrons. The summed E-state index contributed by atoms with van der Waals surface area (Å²) in [4.78, 5) is 0. The van der Waals surface area contributed by atoms with E-state index < -0.39 is 0 Å². The molecule has 0 fully saturated rings. The second kappa shape index (κ2) is 6.74. The predicted octanol–water partition coefficient (Wildman–Crippen LogP) is 5.22. The van der Waals surface area contributed by atoms with E-state index in [0.717, 1.165) is 34.0 Å². The molecular formula is C15H18BrClO. The Kier molecular flexibility index (Phi) is 5.28. The molecule has 0 N–H and O–H groups in total. The summed E-state index contributed by atoms with van der Waals surface area (Å²) < 4.78 is 6.82. The highest BCUT2D eigenvalue weighted by Crippen LogP contribution is 2.26. The van der Waals surface area contributed by atoms with Crippen LogP contribution in [0.15, 0.2) is 34.8 Å². The lowest BCUT2D eigenvalue weighted by Crippen LogP contribution is -2.19. The fraction of sp³-hybridized carbons (Fsp3) is 0.467. The third-order valence-electron chi connectivity index (χ3n) is 3.52. The van der Waals surface area contributed by atoms with Crippen LogP contribution in [0.1, 0.15) is 25.3 Å². The summed E-state index contributed by atoms with van der Waals surface area (Å²) >= 11 is 9.56. The molecule has 2 rings (SSSR count). The topological polar surface area (TPSA) is 9.23 Å². The summed E-state index contributed by atoms with van der Waals surface area (Å²) in [5, 5.41) is 0.765. The van der Waals surface area contributed by atoms with E-state index in [1.54, 1.807) is 0 Å². The number of halogens is 2. The summed E-state index contributed by atoms with van der Waals surface area (Å²) in [5.41, 5.74) is 1.05. The standard InChI is InChI=1S/C15H18BrClO/c1-11-4-2-3-5-12(11)9-18-10-13-6-7-14(16)8-15(13)17/h2-3,6-8,11-12H,4-5,9-10H2,1H3. The fourth-order valence-corrected chi connectivity index (χ4v) is 2.93. The van der Waals surface area contributed by atoms with Crippen molar-refractivity contribution in [2.24, 2.45) is 11.8 Å². The molecule has 3 heteroatoms. The van der Waals surface area contributed by atoms with Gasteiger partial charge in [-0.25, -0.2) is 0 Å². The van der Waals surface area contributed by atoms with Gasteiger partial charge in [0.1, 0.15) is 0 Å². The molecule has 1 aromatic carbocycles. The SMILES string of the molecule is CC1CC=CCC1COCc1ccc(Br)cc1Cl. The fourth-order valence-electron chi connectivity index (χ4n) is 2.20. The minimum Gasteiger partial charge on any atom is -0.376 e. The molecule has 1 aliphatic carbocycles. The Morgan fingerprint density at radius 1 is 1.33 bits per heavy atom. The first kappa shape index (κ1) is 14.1. The molecule has 1 aliphatic rings. The minimum absolute atomic E-state index is 0.596. The lowest BCUT2D eigenvalue weighted by molar-refractivity contribution is 0.0681. The lowest BCUT2D eigenvalue weighted by Gasteiger charge is -2.25. The Morgan fingerprint density at radius 2 is 2.11 bits per heavy atom. The van der Waals surface area contributed by atoms with Crippen LogP contribution in [0.3, 0.4) is 0 Å². The van der Waals surface area contributed by atoms with Crippen LogP contribution in [0.4, 0.5) is 0 Å². The van der Waals surface area contributed by atoms with E-state index in [-0.39, 0.29) is 0 Å². The quantitative estimate of drug-likeness (QED) is 0.688. The van der Waals surface area contributed by atoms with E-state index in [0.29, 0.717) is 12.5 Å². The molecule has 0 amide bonds. The van der Waals surface area contributed by atoms with Crippen LogP contribution in [0.2, 0.25) is 5.02 Å². The van der Waals surface area contributed by atoms with Crippen molar-refractivity contribution in [3.05, 3.63) is 45.4 Å². The molecule has 0 saturated carbocycles. The number of hydrogen-bond donors (Lipinski definition) is 0. The zero-order chi connectivity index (χ0) is 13.0. The molecule has 98 valence electrons. The normalized spacial score (nSPS) is 23.3. The molecule has 0 bridgehead atoms. The van der Waals surface area contributed by atoms with Gasteiger partial charge in [0.15, 0.2) is 0 Å². The van der Waals surface area contributed by atoms with E-state index >= 15 is 0 Å². The van der Waals surface area contributed by atoms with Gasteiger partial charge in [-0.1, -0.05) is 52.7 Å². The van der Waals surface area contributed by atoms with Gasteiger partial charge in [0.05, 0.1) is 13.2 Å². The van der Waals surface area contributed by atoms with Crippen molar-refractivity contribution in [1.29, 1.82) is 0 Å². The highest BCUT2D eigenvalue weighted by atomic mass is 79.9. The maximum atomic E-state index is 6.16. The van der Waals surface area contributed by atoms with Gasteiger partial charge in [-0.3, -0.25) is 0 Å². The van der Waals surface area contributed by atoms with Gasteiger partial charge in [-0.2, -0.15) is 0 Å². The first-order valence-electron chi connectivity index (χ1n) is 6.33. The van der Waals surface area contributed by atoms with Crippen molar-refractivity contribution in [2.45, 2.75) is 26.4 Å². The van der Waals surface area contributed by atoms with Crippen LogP contribution in [0, 0.1) is 11.8 Å². The molecule has 0 spiro atoms. The maximum absolute atomic E-state index is 6.16. The summed E-state index contributed by atoms with van der Waals surface area (Å²) in [6.45, 7) is 3.71. The zero-order valence-electron chi connectivity index (χ0n) is 10.5. The summed E-state index contributed by atoms with van der Waals surface area (Å²) in [6.07, 6.45) is 6.84. The number of allylic oxidation sites excluding steroid dienone is 2. The monoisotopic (exact) mass is 328 g/mol. The van der Waals surface area contributed by atoms with E-state index in [1.165, 1.54) is 6.42 Å². The van der Waals surface area contributed by atoms with Crippen molar-refractivity contribution in [3.63, 3.8) is 0 Å². The molecule has 0 aliphatic heterocycles. The third-order valence-corrected chi connectivity index (χ3v) is 4.37. The lowest BCUT2D eigenvalue weighted by atomic mass is 9.85. The van der Waals surface area contributed by atoms with Gasteiger partial charge in [0.2, 0.25) is 0 Å². The zero-order valence-corrected chi connectivity index (χ0v) is 12.9. The molecule has 0 aromatic heterocycles. The highest BCUT2D eigenvalue weighted by Gasteiger charge is 2.18. The van der Waals surface area contributed by atoms with Crippen LogP contribution in [0.5, 0.6) is 0 Å². The molecule has 1 aromatic rings. The molecule has 2 unspecified atom stereocenters. The largest absolute Gasteiger partial charge is 0.376 e. The Balaban J connectivity index is 1.83. The third kappa shape index (κ3) is 3.84. The minimum atomic E-state index is 0.596. The number of rotatable bonds is 4. The van der Waals surface area contributed by atoms with Crippen molar-refractivity contribution in [3.8, 4) is 0 Å². The number of benzene rings is 1. The highest BCUT2D eigenvalue weighted by molar-refractivity contribution is 9.10. The van der Waals surface area contributed by atoms with Crippen LogP contribution in [0.25, 0.3) is 0 Å². The molecule has 18 heavy (non-hydrogen) atoms. The van der Waals surface area contributed by atoms with E-state index in [4.69, 9.17) is 16.3 Å². The average Bonchev–Trinajstić information content (AvgIpc) is 2.34. The van der Waals surface area contributed by atoms with Crippen LogP contribution >= 0.6 is 27.5 Å². The number of ether oxygens (including phenoxy) is 1. The molecule has 0 saturated heterocycles. The smallest absolute Gasteiger partial charge is 0.0731 e. The second-order valence-corrected chi connectivity index (χ2v) is 6.25. The van der Waals surface area contributed by atoms with E-state index in [9.17, 15) is 0 Å². The average molecular weight is 330 g/mol. The van der Waals surface area contributed by atoms with Crippen LogP contribution < -0.4 is 0 Å². The van der Waals surface area contributed by atoms with Gasteiger partial charge < -0.3 is 4.74 Å². The van der Waals surface area contributed by atoms with Gasteiger partial charge in [0.25, 0.3) is 0 Å². The Hall–Kier alpha value is -0.310. The van der Waals surface area contributed by atoms with Crippen molar-refractivity contribution in [1.82, 2.24) is 0 Å². The van der Waals surface area contributed by atoms with E-state index in [1.807, 2.05) is 18.2 Å². The first-order valence-corrected chi connectivity index (χ1v) is 7.50. The van der Waals surface area contributed by atoms with Gasteiger partial charge >= 0.3 is 0 Å². The maximum Gasteiger partial charge on any atom is 0.0731 e. The first-order chi connectivity index (χ1) is 8.66. The van der Waals surface area contributed by atoms with Crippen LogP contribution in [-0.2, 0) is 11.3 Å². The molecule has 0 heterocycles. The van der Waals surface area contributed by atoms with Gasteiger partial charge in [-0.15, -0.1) is 0 Å². The second-order valence-electron chi connectivity index (χ2n) is 4.93. The van der Waals surface area contributed by atoms with Crippen molar-refractivity contribution >= 4 is 27.5 Å². The Morgan fingerprint density at radius 3 is 2.83 bits per heavy atom. The summed E-state index contributed by atoms with van der Waals surface area (Å²) in [6, 6.07) is 5.92. The van der Waals surface area contributed by atoms with E-state index in [2.05, 4.69) is 35.0 Å². The number of hydrogen-bond acceptors (Lipinski definition) is 1.